The number of nitrogens with zero attached hydrogens (tertiary/aromatic N) is 1. The molecule has 6 heteroatoms. The van der Waals surface area contributed by atoms with Crippen LogP contribution in [0, 0.1) is 12.7 Å². The van der Waals surface area contributed by atoms with Crippen LogP contribution in [0.4, 0.5) is 4.39 Å². The van der Waals surface area contributed by atoms with Crippen molar-refractivity contribution in [1.29, 1.82) is 0 Å². The Morgan fingerprint density at radius 3 is 2.68 bits per heavy atom. The number of halogens is 1. The van der Waals surface area contributed by atoms with Gasteiger partial charge in [0.2, 0.25) is 0 Å². The van der Waals surface area contributed by atoms with E-state index in [1.807, 2.05) is 6.92 Å². The van der Waals surface area contributed by atoms with Crippen molar-refractivity contribution in [2.45, 2.75) is 31.8 Å². The summed E-state index contributed by atoms with van der Waals surface area (Å²) in [5.41, 5.74) is 3.15. The number of guanidine groups is 1. The standard InChI is InChI=1S/C19H24FN3OS/c1-4-21-19(22-11-14-6-8-17(24)16(20)10-14)23-12-15-7-5-13(2)9-18(15)25-3/h5-10,24H,4,11-12H2,1-3H3,(H2,21,22,23). The Morgan fingerprint density at radius 1 is 1.20 bits per heavy atom. The van der Waals surface area contributed by atoms with Gasteiger partial charge in [0.15, 0.2) is 17.5 Å². The third-order valence-corrected chi connectivity index (χ3v) is 4.48. The van der Waals surface area contributed by atoms with Gasteiger partial charge in [-0.1, -0.05) is 18.2 Å². The first-order valence-corrected chi connectivity index (χ1v) is 9.39. The fourth-order valence-electron chi connectivity index (χ4n) is 2.34. The molecule has 0 aliphatic rings. The number of rotatable bonds is 6. The van der Waals surface area contributed by atoms with Crippen LogP contribution in [0.2, 0.25) is 0 Å². The van der Waals surface area contributed by atoms with Crippen LogP contribution < -0.4 is 10.6 Å². The molecule has 0 saturated carbocycles. The van der Waals surface area contributed by atoms with Gasteiger partial charge in [0.25, 0.3) is 0 Å². The molecule has 0 atom stereocenters. The molecule has 0 aliphatic heterocycles. The molecular formula is C19H24FN3OS. The average molecular weight is 361 g/mol. The van der Waals surface area contributed by atoms with Gasteiger partial charge in [-0.3, -0.25) is 0 Å². The summed E-state index contributed by atoms with van der Waals surface area (Å²) in [5, 5.41) is 15.7. The second-order valence-corrected chi connectivity index (χ2v) is 6.50. The molecule has 4 nitrogen and oxygen atoms in total. The molecule has 0 heterocycles. The molecule has 0 aliphatic carbocycles. The predicted molar refractivity (Wildman–Crippen MR) is 103 cm³/mol. The summed E-state index contributed by atoms with van der Waals surface area (Å²) < 4.78 is 13.4. The molecule has 2 aromatic rings. The second kappa shape index (κ2) is 9.32. The molecule has 0 spiro atoms. The Bertz CT molecular complexity index is 749. The number of hydrogen-bond acceptors (Lipinski definition) is 3. The molecule has 134 valence electrons. The van der Waals surface area contributed by atoms with Crippen molar-refractivity contribution in [2.75, 3.05) is 12.8 Å². The Hall–Kier alpha value is -2.21. The lowest BCUT2D eigenvalue weighted by Crippen LogP contribution is -2.36. The van der Waals surface area contributed by atoms with Gasteiger partial charge in [-0.05, 0) is 55.0 Å². The van der Waals surface area contributed by atoms with E-state index in [0.29, 0.717) is 24.6 Å². The quantitative estimate of drug-likeness (QED) is 0.416. The number of hydrogen-bond donors (Lipinski definition) is 3. The highest BCUT2D eigenvalue weighted by molar-refractivity contribution is 7.98. The van der Waals surface area contributed by atoms with Gasteiger partial charge in [-0.25, -0.2) is 9.38 Å². The highest BCUT2D eigenvalue weighted by Crippen LogP contribution is 2.21. The third-order valence-electron chi connectivity index (χ3n) is 3.66. The highest BCUT2D eigenvalue weighted by Gasteiger charge is 2.05. The van der Waals surface area contributed by atoms with Gasteiger partial charge in [-0.2, -0.15) is 0 Å². The van der Waals surface area contributed by atoms with E-state index in [9.17, 15) is 9.50 Å². The van der Waals surface area contributed by atoms with E-state index >= 15 is 0 Å². The lowest BCUT2D eigenvalue weighted by molar-refractivity contribution is 0.432. The average Bonchev–Trinajstić information content (AvgIpc) is 2.61. The first-order valence-electron chi connectivity index (χ1n) is 8.16. The Kier molecular flexibility index (Phi) is 7.13. The van der Waals surface area contributed by atoms with Gasteiger partial charge in [-0.15, -0.1) is 11.8 Å². The van der Waals surface area contributed by atoms with Crippen molar-refractivity contribution in [2.24, 2.45) is 4.99 Å². The number of benzene rings is 2. The summed E-state index contributed by atoms with van der Waals surface area (Å²) in [6.45, 7) is 5.80. The molecule has 0 fully saturated rings. The molecule has 2 aromatic carbocycles. The maximum absolute atomic E-state index is 13.4. The SMILES string of the molecule is CCNC(=NCc1ccc(O)c(F)c1)NCc1ccc(C)cc1SC. The van der Waals surface area contributed by atoms with E-state index in [1.165, 1.54) is 28.2 Å². The van der Waals surface area contributed by atoms with Gasteiger partial charge < -0.3 is 15.7 Å². The van der Waals surface area contributed by atoms with Gasteiger partial charge >= 0.3 is 0 Å². The topological polar surface area (TPSA) is 56.7 Å². The van der Waals surface area contributed by atoms with Crippen LogP contribution in [0.3, 0.4) is 0 Å². The Morgan fingerprint density at radius 2 is 2.00 bits per heavy atom. The summed E-state index contributed by atoms with van der Waals surface area (Å²) in [5.74, 6) is -0.305. The largest absolute Gasteiger partial charge is 0.505 e. The number of aryl methyl sites for hydroxylation is 1. The van der Waals surface area contributed by atoms with Crippen molar-refractivity contribution in [3.8, 4) is 5.75 Å². The smallest absolute Gasteiger partial charge is 0.191 e. The summed E-state index contributed by atoms with van der Waals surface area (Å²) in [4.78, 5) is 5.72. The van der Waals surface area contributed by atoms with Crippen LogP contribution in [0.25, 0.3) is 0 Å². The van der Waals surface area contributed by atoms with Crippen LogP contribution >= 0.6 is 11.8 Å². The van der Waals surface area contributed by atoms with Gasteiger partial charge in [0.05, 0.1) is 6.54 Å². The maximum atomic E-state index is 13.4. The summed E-state index contributed by atoms with van der Waals surface area (Å²) >= 11 is 1.72. The number of thioether (sulfide) groups is 1. The summed E-state index contributed by atoms with van der Waals surface area (Å²) in [7, 11) is 0. The molecule has 25 heavy (non-hydrogen) atoms. The number of phenols is 1. The van der Waals surface area contributed by atoms with E-state index in [1.54, 1.807) is 17.8 Å². The molecule has 0 radical (unpaired) electrons. The fraction of sp³-hybridized carbons (Fsp3) is 0.316. The van der Waals surface area contributed by atoms with Crippen molar-refractivity contribution in [1.82, 2.24) is 10.6 Å². The minimum atomic E-state index is -0.630. The van der Waals surface area contributed by atoms with Crippen LogP contribution in [0.5, 0.6) is 5.75 Å². The minimum absolute atomic E-state index is 0.329. The molecule has 0 bridgehead atoms. The molecule has 3 N–H and O–H groups in total. The molecule has 0 amide bonds. The predicted octanol–water partition coefficient (Wildman–Crippen LogP) is 3.82. The lowest BCUT2D eigenvalue weighted by atomic mass is 10.1. The molecule has 0 saturated heterocycles. The zero-order valence-corrected chi connectivity index (χ0v) is 15.6. The first kappa shape index (κ1) is 19.1. The van der Waals surface area contributed by atoms with Crippen LogP contribution in [-0.2, 0) is 13.1 Å². The first-order chi connectivity index (χ1) is 12.0. The van der Waals surface area contributed by atoms with Crippen molar-refractivity contribution < 1.29 is 9.50 Å². The molecule has 0 aromatic heterocycles. The number of aliphatic imine (C=N–C) groups is 1. The number of nitrogens with one attached hydrogen (secondary N) is 2. The summed E-state index contributed by atoms with van der Waals surface area (Å²) in [6.07, 6.45) is 2.07. The number of aromatic hydroxyl groups is 1. The van der Waals surface area contributed by atoms with E-state index < -0.39 is 5.82 Å². The van der Waals surface area contributed by atoms with Crippen molar-refractivity contribution in [3.63, 3.8) is 0 Å². The molecular weight excluding hydrogens is 337 g/mol. The van der Waals surface area contributed by atoms with E-state index in [-0.39, 0.29) is 5.75 Å². The van der Waals surface area contributed by atoms with Crippen molar-refractivity contribution in [3.05, 3.63) is 58.9 Å². The monoisotopic (exact) mass is 361 g/mol. The van der Waals surface area contributed by atoms with E-state index in [2.05, 4.69) is 47.0 Å². The lowest BCUT2D eigenvalue weighted by Gasteiger charge is -2.14. The zero-order valence-electron chi connectivity index (χ0n) is 14.8. The van der Waals surface area contributed by atoms with Gasteiger partial charge in [0.1, 0.15) is 0 Å². The third kappa shape index (κ3) is 5.67. The fourth-order valence-corrected chi connectivity index (χ4v) is 3.04. The summed E-state index contributed by atoms with van der Waals surface area (Å²) in [6, 6.07) is 10.7. The highest BCUT2D eigenvalue weighted by atomic mass is 32.2. The molecule has 2 rings (SSSR count). The van der Waals surface area contributed by atoms with E-state index in [0.717, 1.165) is 6.54 Å². The molecule has 0 unspecified atom stereocenters. The Balaban J connectivity index is 2.06. The maximum Gasteiger partial charge on any atom is 0.191 e. The van der Waals surface area contributed by atoms with E-state index in [4.69, 9.17) is 0 Å². The normalized spacial score (nSPS) is 11.4. The Labute approximate surface area is 152 Å². The van der Waals surface area contributed by atoms with Crippen LogP contribution in [0.15, 0.2) is 46.3 Å². The zero-order chi connectivity index (χ0) is 18.2. The minimum Gasteiger partial charge on any atom is -0.505 e. The van der Waals surface area contributed by atoms with Crippen molar-refractivity contribution >= 4 is 17.7 Å². The number of phenolic OH excluding ortho intramolecular Hbond substituents is 1. The van der Waals surface area contributed by atoms with Gasteiger partial charge in [0, 0.05) is 18.0 Å². The second-order valence-electron chi connectivity index (χ2n) is 5.65. The van der Waals surface area contributed by atoms with Crippen LogP contribution in [0.1, 0.15) is 23.6 Å². The van der Waals surface area contributed by atoms with Crippen LogP contribution in [-0.4, -0.2) is 23.9 Å².